The fraction of sp³-hybridized carbons (Fsp3) is 0.538. The summed E-state index contributed by atoms with van der Waals surface area (Å²) in [4.78, 5) is 2.23. The highest BCUT2D eigenvalue weighted by Crippen LogP contribution is 2.22. The van der Waals surface area contributed by atoms with Crippen molar-refractivity contribution in [2.24, 2.45) is 0 Å². The minimum absolute atomic E-state index is 0.293. The summed E-state index contributed by atoms with van der Waals surface area (Å²) in [6, 6.07) is 5.99. The molecule has 3 nitrogen and oxygen atoms in total. The van der Waals surface area contributed by atoms with Crippen molar-refractivity contribution in [1.29, 1.82) is 0 Å². The number of aryl methyl sites for hydroxylation is 1. The third kappa shape index (κ3) is 3.74. The van der Waals surface area contributed by atoms with Crippen molar-refractivity contribution < 1.29 is 5.11 Å². The molecule has 0 saturated heterocycles. The molecule has 0 aliphatic rings. The first-order valence-corrected chi connectivity index (χ1v) is 5.83. The quantitative estimate of drug-likeness (QED) is 0.573. The minimum atomic E-state index is 0.293. The minimum Gasteiger partial charge on any atom is -0.399 e. The van der Waals surface area contributed by atoms with E-state index in [2.05, 4.69) is 24.9 Å². The van der Waals surface area contributed by atoms with Crippen LogP contribution in [0.5, 0.6) is 0 Å². The van der Waals surface area contributed by atoms with Crippen LogP contribution in [0.25, 0.3) is 0 Å². The lowest BCUT2D eigenvalue weighted by molar-refractivity contribution is 0.283. The predicted molar refractivity (Wildman–Crippen MR) is 69.8 cm³/mol. The van der Waals surface area contributed by atoms with Crippen LogP contribution in [0.15, 0.2) is 18.2 Å². The third-order valence-electron chi connectivity index (χ3n) is 2.80. The molecule has 0 amide bonds. The van der Waals surface area contributed by atoms with Crippen molar-refractivity contribution in [3.05, 3.63) is 23.8 Å². The van der Waals surface area contributed by atoms with Crippen molar-refractivity contribution in [2.75, 3.05) is 30.8 Å². The Morgan fingerprint density at radius 2 is 2.00 bits per heavy atom. The fourth-order valence-corrected chi connectivity index (χ4v) is 1.80. The zero-order valence-corrected chi connectivity index (χ0v) is 10.2. The van der Waals surface area contributed by atoms with E-state index in [0.29, 0.717) is 6.61 Å². The highest BCUT2D eigenvalue weighted by Gasteiger charge is 2.04. The molecule has 3 heteroatoms. The molecule has 0 aliphatic carbocycles. The van der Waals surface area contributed by atoms with Gasteiger partial charge in [-0.1, -0.05) is 6.07 Å². The molecule has 3 N–H and O–H groups in total. The lowest BCUT2D eigenvalue weighted by Crippen LogP contribution is -2.19. The van der Waals surface area contributed by atoms with Gasteiger partial charge in [0.2, 0.25) is 0 Å². The molecular weight excluding hydrogens is 200 g/mol. The van der Waals surface area contributed by atoms with Crippen LogP contribution in [0.1, 0.15) is 24.8 Å². The number of nitrogens with zero attached hydrogens (tertiary/aromatic N) is 1. The first kappa shape index (κ1) is 12.8. The predicted octanol–water partition coefficient (Wildman–Crippen LogP) is 2.18. The van der Waals surface area contributed by atoms with Gasteiger partial charge < -0.3 is 15.7 Å². The van der Waals surface area contributed by atoms with Gasteiger partial charge in [-0.15, -0.1) is 0 Å². The van der Waals surface area contributed by atoms with Crippen LogP contribution in [0.3, 0.4) is 0 Å². The van der Waals surface area contributed by atoms with Gasteiger partial charge in [-0.3, -0.25) is 0 Å². The summed E-state index contributed by atoms with van der Waals surface area (Å²) in [5.74, 6) is 0. The lowest BCUT2D eigenvalue weighted by atomic mass is 10.1. The van der Waals surface area contributed by atoms with Gasteiger partial charge in [0.25, 0.3) is 0 Å². The Kier molecular flexibility index (Phi) is 5.12. The van der Waals surface area contributed by atoms with Crippen LogP contribution in [0.4, 0.5) is 11.4 Å². The largest absolute Gasteiger partial charge is 0.399 e. The van der Waals surface area contributed by atoms with Crippen molar-refractivity contribution in [3.8, 4) is 0 Å². The molecule has 0 fully saturated rings. The van der Waals surface area contributed by atoms with Crippen LogP contribution < -0.4 is 10.6 Å². The number of aliphatic hydroxyl groups is 1. The van der Waals surface area contributed by atoms with Crippen LogP contribution in [-0.2, 0) is 0 Å². The summed E-state index contributed by atoms with van der Waals surface area (Å²) < 4.78 is 0. The van der Waals surface area contributed by atoms with E-state index in [0.717, 1.165) is 31.5 Å². The second kappa shape index (κ2) is 6.38. The number of hydrogen-bond acceptors (Lipinski definition) is 3. The molecule has 0 radical (unpaired) electrons. The summed E-state index contributed by atoms with van der Waals surface area (Å²) in [5.41, 5.74) is 9.04. The smallest absolute Gasteiger partial charge is 0.0431 e. The van der Waals surface area contributed by atoms with Crippen LogP contribution >= 0.6 is 0 Å². The van der Waals surface area contributed by atoms with Crippen molar-refractivity contribution in [1.82, 2.24) is 0 Å². The van der Waals surface area contributed by atoms with Crippen molar-refractivity contribution in [2.45, 2.75) is 26.2 Å². The summed E-state index contributed by atoms with van der Waals surface area (Å²) in [6.45, 7) is 3.39. The molecular formula is C13H22N2O. The number of anilines is 2. The van der Waals surface area contributed by atoms with Gasteiger partial charge in [-0.05, 0) is 43.9 Å². The molecule has 0 saturated carbocycles. The number of rotatable bonds is 6. The standard InChI is InChI=1S/C13H22N2O/c1-11-6-7-12(14)10-13(11)15(2)8-4-3-5-9-16/h6-7,10,16H,3-5,8-9,14H2,1-2H3. The van der Waals surface area contributed by atoms with Gasteiger partial charge in [-0.25, -0.2) is 0 Å². The molecule has 1 rings (SSSR count). The van der Waals surface area contributed by atoms with Crippen molar-refractivity contribution >= 4 is 11.4 Å². The monoisotopic (exact) mass is 222 g/mol. The van der Waals surface area contributed by atoms with Gasteiger partial charge in [0.15, 0.2) is 0 Å². The molecule has 0 bridgehead atoms. The number of unbranched alkanes of at least 4 members (excludes halogenated alkanes) is 2. The Morgan fingerprint density at radius 3 is 2.69 bits per heavy atom. The maximum atomic E-state index is 8.70. The van der Waals surface area contributed by atoms with Gasteiger partial charge in [0.1, 0.15) is 0 Å². The SMILES string of the molecule is Cc1ccc(N)cc1N(C)CCCCCO. The second-order valence-electron chi connectivity index (χ2n) is 4.25. The molecule has 0 spiro atoms. The number of benzene rings is 1. The van der Waals surface area contributed by atoms with E-state index in [1.165, 1.54) is 11.3 Å². The molecule has 1 aromatic rings. The normalized spacial score (nSPS) is 10.4. The molecule has 16 heavy (non-hydrogen) atoms. The van der Waals surface area contributed by atoms with E-state index in [-0.39, 0.29) is 0 Å². The number of aliphatic hydroxyl groups excluding tert-OH is 1. The summed E-state index contributed by atoms with van der Waals surface area (Å²) in [5, 5.41) is 8.70. The molecule has 1 aromatic carbocycles. The van der Waals surface area contributed by atoms with Crippen molar-refractivity contribution in [3.63, 3.8) is 0 Å². The molecule has 0 atom stereocenters. The molecule has 0 aliphatic heterocycles. The maximum absolute atomic E-state index is 8.70. The van der Waals surface area contributed by atoms with Gasteiger partial charge >= 0.3 is 0 Å². The topological polar surface area (TPSA) is 49.5 Å². The van der Waals surface area contributed by atoms with Crippen LogP contribution in [0, 0.1) is 6.92 Å². The van der Waals surface area contributed by atoms with E-state index in [1.807, 2.05) is 12.1 Å². The maximum Gasteiger partial charge on any atom is 0.0431 e. The van der Waals surface area contributed by atoms with E-state index in [9.17, 15) is 0 Å². The van der Waals surface area contributed by atoms with Gasteiger partial charge in [-0.2, -0.15) is 0 Å². The summed E-state index contributed by atoms with van der Waals surface area (Å²) in [6.07, 6.45) is 3.07. The molecule has 90 valence electrons. The summed E-state index contributed by atoms with van der Waals surface area (Å²) in [7, 11) is 2.08. The Balaban J connectivity index is 2.51. The molecule has 0 unspecified atom stereocenters. The Hall–Kier alpha value is -1.22. The first-order chi connectivity index (χ1) is 7.65. The Bertz CT molecular complexity index is 326. The van der Waals surface area contributed by atoms with E-state index in [4.69, 9.17) is 10.8 Å². The number of nitrogen functional groups attached to an aromatic ring is 1. The zero-order chi connectivity index (χ0) is 12.0. The molecule has 0 heterocycles. The second-order valence-corrected chi connectivity index (χ2v) is 4.25. The molecule has 0 aromatic heterocycles. The first-order valence-electron chi connectivity index (χ1n) is 5.83. The highest BCUT2D eigenvalue weighted by molar-refractivity contribution is 5.60. The van der Waals surface area contributed by atoms with E-state index in [1.54, 1.807) is 0 Å². The highest BCUT2D eigenvalue weighted by atomic mass is 16.2. The fourth-order valence-electron chi connectivity index (χ4n) is 1.80. The third-order valence-corrected chi connectivity index (χ3v) is 2.80. The van der Waals surface area contributed by atoms with E-state index >= 15 is 0 Å². The number of hydrogen-bond donors (Lipinski definition) is 2. The summed E-state index contributed by atoms with van der Waals surface area (Å²) >= 11 is 0. The van der Waals surface area contributed by atoms with Crippen LogP contribution in [-0.4, -0.2) is 25.3 Å². The van der Waals surface area contributed by atoms with E-state index < -0.39 is 0 Å². The lowest BCUT2D eigenvalue weighted by Gasteiger charge is -2.21. The zero-order valence-electron chi connectivity index (χ0n) is 10.2. The average molecular weight is 222 g/mol. The van der Waals surface area contributed by atoms with Gasteiger partial charge in [0.05, 0.1) is 0 Å². The van der Waals surface area contributed by atoms with Crippen LogP contribution in [0.2, 0.25) is 0 Å². The Labute approximate surface area is 97.9 Å². The Morgan fingerprint density at radius 1 is 1.25 bits per heavy atom. The number of nitrogens with two attached hydrogens (primary N) is 1. The van der Waals surface area contributed by atoms with Gasteiger partial charge in [0, 0.05) is 31.6 Å². The average Bonchev–Trinajstić information content (AvgIpc) is 2.27.